The fourth-order valence-electron chi connectivity index (χ4n) is 3.50. The van der Waals surface area contributed by atoms with Crippen LogP contribution in [0.5, 0.6) is 0 Å². The van der Waals surface area contributed by atoms with Gasteiger partial charge in [0.1, 0.15) is 11.2 Å². The van der Waals surface area contributed by atoms with Crippen LogP contribution in [0.2, 0.25) is 0 Å². The molecule has 0 bridgehead atoms. The first kappa shape index (κ1) is 21.4. The summed E-state index contributed by atoms with van der Waals surface area (Å²) in [5.41, 5.74) is 2.72. The quantitative estimate of drug-likeness (QED) is 0.361. The molecule has 4 aromatic rings. The molecule has 1 amide bonds. The number of benzene rings is 3. The van der Waals surface area contributed by atoms with Gasteiger partial charge in [-0.15, -0.1) is 0 Å². The van der Waals surface area contributed by atoms with Gasteiger partial charge in [0.15, 0.2) is 0 Å². The molecule has 8 heteroatoms. The molecule has 0 aliphatic rings. The van der Waals surface area contributed by atoms with E-state index in [1.165, 1.54) is 4.31 Å². The smallest absolute Gasteiger partial charge is 0.232 e. The van der Waals surface area contributed by atoms with E-state index in [4.69, 9.17) is 4.42 Å². The minimum absolute atomic E-state index is 0.181. The monoisotopic (exact) mass is 500 g/mol. The summed E-state index contributed by atoms with van der Waals surface area (Å²) in [6.07, 6.45) is 1.75. The Morgan fingerprint density at radius 1 is 1.00 bits per heavy atom. The van der Waals surface area contributed by atoms with Crippen LogP contribution < -0.4 is 9.62 Å². The van der Waals surface area contributed by atoms with Crippen LogP contribution in [0.3, 0.4) is 0 Å². The van der Waals surface area contributed by atoms with Gasteiger partial charge in [-0.1, -0.05) is 34.1 Å². The minimum atomic E-state index is -3.45. The number of furan rings is 1. The van der Waals surface area contributed by atoms with Gasteiger partial charge in [0.05, 0.1) is 11.9 Å². The zero-order valence-corrected chi connectivity index (χ0v) is 19.2. The first-order chi connectivity index (χ1) is 14.8. The fourth-order valence-corrected chi connectivity index (χ4v) is 4.73. The summed E-state index contributed by atoms with van der Waals surface area (Å²) in [6.45, 7) is 0.219. The van der Waals surface area contributed by atoms with E-state index in [1.807, 2.05) is 36.4 Å². The van der Waals surface area contributed by atoms with Crippen molar-refractivity contribution in [3.63, 3.8) is 0 Å². The molecule has 0 radical (unpaired) electrons. The average molecular weight is 501 g/mol. The van der Waals surface area contributed by atoms with Crippen molar-refractivity contribution >= 4 is 65.2 Å². The van der Waals surface area contributed by atoms with Gasteiger partial charge in [-0.25, -0.2) is 8.42 Å². The van der Waals surface area contributed by atoms with Crippen molar-refractivity contribution in [2.24, 2.45) is 0 Å². The Kier molecular flexibility index (Phi) is 6.02. The third-order valence-corrected chi connectivity index (χ3v) is 6.67. The SMILES string of the molecule is CS(=O)(=O)N(CCCC(=O)Nc1ccc2c(c1)oc1ccccc12)c1ccc(Br)cc1. The van der Waals surface area contributed by atoms with E-state index in [0.29, 0.717) is 23.4 Å². The number of nitrogens with zero attached hydrogens (tertiary/aromatic N) is 1. The van der Waals surface area contributed by atoms with Gasteiger partial charge >= 0.3 is 0 Å². The fraction of sp³-hybridized carbons (Fsp3) is 0.174. The molecule has 31 heavy (non-hydrogen) atoms. The highest BCUT2D eigenvalue weighted by atomic mass is 79.9. The Morgan fingerprint density at radius 2 is 1.71 bits per heavy atom. The van der Waals surface area contributed by atoms with Crippen LogP contribution in [0.15, 0.2) is 75.6 Å². The van der Waals surface area contributed by atoms with E-state index in [-0.39, 0.29) is 18.9 Å². The molecular formula is C23H21BrN2O4S. The predicted molar refractivity (Wildman–Crippen MR) is 128 cm³/mol. The number of hydrogen-bond acceptors (Lipinski definition) is 4. The maximum absolute atomic E-state index is 12.4. The van der Waals surface area contributed by atoms with E-state index in [2.05, 4.69) is 21.2 Å². The largest absolute Gasteiger partial charge is 0.456 e. The molecule has 160 valence electrons. The molecule has 6 nitrogen and oxygen atoms in total. The highest BCUT2D eigenvalue weighted by Gasteiger charge is 2.17. The highest BCUT2D eigenvalue weighted by molar-refractivity contribution is 9.10. The molecule has 4 rings (SSSR count). The average Bonchev–Trinajstić information content (AvgIpc) is 3.09. The topological polar surface area (TPSA) is 79.6 Å². The normalized spacial score (nSPS) is 11.7. The number of fused-ring (bicyclic) bond motifs is 3. The standard InChI is InChI=1S/C23H21BrN2O4S/c1-31(28,29)26(18-11-8-16(24)9-12-18)14-4-7-23(27)25-17-10-13-20-19-5-2-3-6-21(19)30-22(20)15-17/h2-3,5-6,8-13,15H,4,7,14H2,1H3,(H,25,27). The number of sulfonamides is 1. The molecule has 0 saturated carbocycles. The van der Waals surface area contributed by atoms with Gasteiger partial charge in [-0.2, -0.15) is 0 Å². The van der Waals surface area contributed by atoms with Gasteiger partial charge in [-0.05, 0) is 48.9 Å². The molecule has 0 aliphatic heterocycles. The number of halogens is 1. The van der Waals surface area contributed by atoms with Crippen LogP contribution in [0.4, 0.5) is 11.4 Å². The van der Waals surface area contributed by atoms with Crippen molar-refractivity contribution in [3.8, 4) is 0 Å². The minimum Gasteiger partial charge on any atom is -0.456 e. The van der Waals surface area contributed by atoms with Crippen molar-refractivity contribution < 1.29 is 17.6 Å². The van der Waals surface area contributed by atoms with Crippen molar-refractivity contribution in [2.45, 2.75) is 12.8 Å². The maximum atomic E-state index is 12.4. The van der Waals surface area contributed by atoms with Gasteiger partial charge < -0.3 is 9.73 Å². The Hall–Kier alpha value is -2.84. The van der Waals surface area contributed by atoms with Crippen LogP contribution in [-0.4, -0.2) is 27.1 Å². The highest BCUT2D eigenvalue weighted by Crippen LogP contribution is 2.30. The number of rotatable bonds is 7. The molecule has 1 heterocycles. The van der Waals surface area contributed by atoms with Crippen molar-refractivity contribution in [2.75, 3.05) is 22.4 Å². The van der Waals surface area contributed by atoms with Crippen molar-refractivity contribution in [3.05, 3.63) is 71.2 Å². The molecule has 3 aromatic carbocycles. The summed E-state index contributed by atoms with van der Waals surface area (Å²) in [4.78, 5) is 12.4. The Morgan fingerprint density at radius 3 is 2.45 bits per heavy atom. The Labute approximate surface area is 189 Å². The van der Waals surface area contributed by atoms with Crippen LogP contribution in [0.1, 0.15) is 12.8 Å². The Balaban J connectivity index is 1.40. The lowest BCUT2D eigenvalue weighted by molar-refractivity contribution is -0.116. The van der Waals surface area contributed by atoms with E-state index >= 15 is 0 Å². The summed E-state index contributed by atoms with van der Waals surface area (Å²) < 4.78 is 32.4. The number of amides is 1. The van der Waals surface area contributed by atoms with E-state index < -0.39 is 10.0 Å². The van der Waals surface area contributed by atoms with Gasteiger partial charge in [0.2, 0.25) is 15.9 Å². The van der Waals surface area contributed by atoms with Crippen LogP contribution in [0.25, 0.3) is 21.9 Å². The van der Waals surface area contributed by atoms with E-state index in [1.54, 1.807) is 30.3 Å². The molecule has 0 fully saturated rings. The Bertz CT molecular complexity index is 1350. The van der Waals surface area contributed by atoms with Gasteiger partial charge in [-0.3, -0.25) is 9.10 Å². The molecule has 0 saturated heterocycles. The zero-order valence-electron chi connectivity index (χ0n) is 16.8. The molecule has 0 unspecified atom stereocenters. The predicted octanol–water partition coefficient (Wildman–Crippen LogP) is 5.53. The lowest BCUT2D eigenvalue weighted by Crippen LogP contribution is -2.31. The van der Waals surface area contributed by atoms with Gasteiger partial charge in [0, 0.05) is 40.0 Å². The lowest BCUT2D eigenvalue weighted by atomic mass is 10.1. The van der Waals surface area contributed by atoms with E-state index in [0.717, 1.165) is 27.1 Å². The zero-order chi connectivity index (χ0) is 22.0. The molecular weight excluding hydrogens is 480 g/mol. The third-order valence-electron chi connectivity index (χ3n) is 4.94. The van der Waals surface area contributed by atoms with E-state index in [9.17, 15) is 13.2 Å². The number of nitrogens with one attached hydrogen (secondary N) is 1. The first-order valence-electron chi connectivity index (χ1n) is 9.76. The second kappa shape index (κ2) is 8.72. The summed E-state index contributed by atoms with van der Waals surface area (Å²) in [5.74, 6) is -0.181. The molecule has 1 N–H and O–H groups in total. The molecule has 0 spiro atoms. The molecule has 0 aliphatic carbocycles. The second-order valence-electron chi connectivity index (χ2n) is 7.27. The van der Waals surface area contributed by atoms with Crippen LogP contribution in [0, 0.1) is 0 Å². The summed E-state index contributed by atoms with van der Waals surface area (Å²) >= 11 is 3.35. The number of para-hydroxylation sites is 1. The molecule has 1 aromatic heterocycles. The lowest BCUT2D eigenvalue weighted by Gasteiger charge is -2.22. The van der Waals surface area contributed by atoms with Crippen molar-refractivity contribution in [1.29, 1.82) is 0 Å². The maximum Gasteiger partial charge on any atom is 0.232 e. The number of carbonyl (C=O) groups excluding carboxylic acids is 1. The van der Waals surface area contributed by atoms with Crippen molar-refractivity contribution in [1.82, 2.24) is 0 Å². The number of hydrogen-bond donors (Lipinski definition) is 1. The molecule has 0 atom stereocenters. The second-order valence-corrected chi connectivity index (χ2v) is 10.1. The van der Waals surface area contributed by atoms with Crippen LogP contribution >= 0.6 is 15.9 Å². The first-order valence-corrected chi connectivity index (χ1v) is 12.4. The van der Waals surface area contributed by atoms with Crippen LogP contribution in [-0.2, 0) is 14.8 Å². The number of carbonyl (C=O) groups is 1. The third kappa shape index (κ3) is 4.91. The summed E-state index contributed by atoms with van der Waals surface area (Å²) in [7, 11) is -3.45. The summed E-state index contributed by atoms with van der Waals surface area (Å²) in [6, 6.07) is 20.4. The summed E-state index contributed by atoms with van der Waals surface area (Å²) in [5, 5.41) is 4.89. The van der Waals surface area contributed by atoms with Gasteiger partial charge in [0.25, 0.3) is 0 Å². The number of anilines is 2.